The van der Waals surface area contributed by atoms with Crippen LogP contribution in [0.25, 0.3) is 0 Å². The molecule has 2 atom stereocenters. The molecule has 2 unspecified atom stereocenters. The van der Waals surface area contributed by atoms with Crippen molar-refractivity contribution in [2.45, 2.75) is 37.5 Å². The second-order valence-electron chi connectivity index (χ2n) is 4.77. The number of aromatic nitrogens is 1. The Kier molecular flexibility index (Phi) is 5.51. The number of pyridine rings is 1. The molecule has 0 radical (unpaired) electrons. The van der Waals surface area contributed by atoms with Crippen molar-refractivity contribution < 1.29 is 4.79 Å². The number of thioether (sulfide) groups is 1. The van der Waals surface area contributed by atoms with Gasteiger partial charge < -0.3 is 10.7 Å². The van der Waals surface area contributed by atoms with Crippen molar-refractivity contribution in [3.63, 3.8) is 0 Å². The summed E-state index contributed by atoms with van der Waals surface area (Å²) < 4.78 is 0. The lowest BCUT2D eigenvalue weighted by molar-refractivity contribution is 0.0938. The number of nitrogens with zero attached hydrogens (tertiary/aromatic N) is 1. The molecule has 1 fully saturated rings. The number of amides is 1. The monoisotopic (exact) mass is 314 g/mol. The number of nitrogens with two attached hydrogens (primary N) is 1. The molecule has 0 spiro atoms. The number of carbonyl (C=O) groups excluding carboxylic acids is 1. The van der Waals surface area contributed by atoms with Crippen LogP contribution in [0.15, 0.2) is 12.1 Å². The van der Waals surface area contributed by atoms with E-state index in [4.69, 9.17) is 17.4 Å². The molecule has 0 aliphatic heterocycles. The number of nitrogen functional groups attached to an aromatic ring is 1. The van der Waals surface area contributed by atoms with E-state index in [9.17, 15) is 4.79 Å². The molecule has 0 bridgehead atoms. The third kappa shape index (κ3) is 4.01. The van der Waals surface area contributed by atoms with E-state index in [1.807, 2.05) is 11.8 Å². The Hall–Kier alpha value is -0.980. The zero-order valence-electron chi connectivity index (χ0n) is 11.4. The molecule has 110 valence electrons. The van der Waals surface area contributed by atoms with Crippen LogP contribution in [0.2, 0.25) is 5.15 Å². The number of hydrogen-bond acceptors (Lipinski definition) is 5. The predicted octanol–water partition coefficient (Wildman–Crippen LogP) is 2.42. The molecule has 1 aliphatic rings. The van der Waals surface area contributed by atoms with E-state index >= 15 is 0 Å². The van der Waals surface area contributed by atoms with Gasteiger partial charge in [0.1, 0.15) is 11.0 Å². The summed E-state index contributed by atoms with van der Waals surface area (Å²) in [5.41, 5.74) is 2.88. The first kappa shape index (κ1) is 15.4. The van der Waals surface area contributed by atoms with Gasteiger partial charge in [-0.1, -0.05) is 18.5 Å². The van der Waals surface area contributed by atoms with Crippen molar-refractivity contribution in [1.82, 2.24) is 10.3 Å². The highest BCUT2D eigenvalue weighted by Gasteiger charge is 2.26. The molecule has 1 aliphatic carbocycles. The highest BCUT2D eigenvalue weighted by Crippen LogP contribution is 2.29. The Bertz CT molecular complexity index is 485. The van der Waals surface area contributed by atoms with Crippen molar-refractivity contribution >= 4 is 35.1 Å². The maximum absolute atomic E-state index is 12.2. The first-order valence-corrected chi connectivity index (χ1v) is 8.11. The zero-order chi connectivity index (χ0) is 14.5. The third-order valence-corrected chi connectivity index (χ3v) is 4.75. The lowest BCUT2D eigenvalue weighted by Crippen LogP contribution is -2.33. The molecule has 1 aromatic rings. The first-order chi connectivity index (χ1) is 9.62. The second kappa shape index (κ2) is 7.15. The van der Waals surface area contributed by atoms with Gasteiger partial charge in [-0.2, -0.15) is 11.8 Å². The molecule has 20 heavy (non-hydrogen) atoms. The standard InChI is InChI=1S/C13H19ClN4OS/c1-2-20-10-4-3-9(7-10)16-13(19)8-5-11(14)17-12(6-8)18-15/h5-6,9-10H,2-4,7,15H2,1H3,(H,16,19)(H,17,18). The largest absolute Gasteiger partial charge is 0.349 e. The summed E-state index contributed by atoms with van der Waals surface area (Å²) in [4.78, 5) is 16.2. The normalized spacial score (nSPS) is 21.8. The van der Waals surface area contributed by atoms with Gasteiger partial charge in [0.25, 0.3) is 5.91 Å². The average molecular weight is 315 g/mol. The van der Waals surface area contributed by atoms with Crippen LogP contribution in [0.4, 0.5) is 5.82 Å². The molecule has 1 heterocycles. The quantitative estimate of drug-likeness (QED) is 0.442. The van der Waals surface area contributed by atoms with E-state index in [0.29, 0.717) is 16.6 Å². The summed E-state index contributed by atoms with van der Waals surface area (Å²) in [5, 5.41) is 3.96. The molecule has 1 aromatic heterocycles. The summed E-state index contributed by atoms with van der Waals surface area (Å²) in [7, 11) is 0. The van der Waals surface area contributed by atoms with Crippen molar-refractivity contribution in [1.29, 1.82) is 0 Å². The van der Waals surface area contributed by atoms with Gasteiger partial charge in [0.05, 0.1) is 0 Å². The van der Waals surface area contributed by atoms with Crippen molar-refractivity contribution in [2.24, 2.45) is 5.84 Å². The molecule has 1 amide bonds. The number of halogens is 1. The summed E-state index contributed by atoms with van der Waals surface area (Å²) in [5.74, 6) is 6.68. The maximum Gasteiger partial charge on any atom is 0.251 e. The van der Waals surface area contributed by atoms with Gasteiger partial charge in [0.2, 0.25) is 0 Å². The van der Waals surface area contributed by atoms with Gasteiger partial charge in [-0.25, -0.2) is 10.8 Å². The van der Waals surface area contributed by atoms with Gasteiger partial charge in [-0.15, -0.1) is 0 Å². The van der Waals surface area contributed by atoms with Gasteiger partial charge in [-0.05, 0) is 37.1 Å². The fraction of sp³-hybridized carbons (Fsp3) is 0.538. The molecule has 0 saturated heterocycles. The van der Waals surface area contributed by atoms with Crippen LogP contribution < -0.4 is 16.6 Å². The van der Waals surface area contributed by atoms with E-state index in [-0.39, 0.29) is 17.1 Å². The van der Waals surface area contributed by atoms with Gasteiger partial charge in [0.15, 0.2) is 0 Å². The minimum Gasteiger partial charge on any atom is -0.349 e. The fourth-order valence-corrected chi connectivity index (χ4v) is 3.78. The molecule has 2 rings (SSSR count). The maximum atomic E-state index is 12.2. The van der Waals surface area contributed by atoms with Crippen LogP contribution in [-0.4, -0.2) is 27.9 Å². The third-order valence-electron chi connectivity index (χ3n) is 3.33. The smallest absolute Gasteiger partial charge is 0.251 e. The zero-order valence-corrected chi connectivity index (χ0v) is 12.9. The molecule has 4 N–H and O–H groups in total. The fourth-order valence-electron chi connectivity index (χ4n) is 2.43. The first-order valence-electron chi connectivity index (χ1n) is 6.69. The predicted molar refractivity (Wildman–Crippen MR) is 84.1 cm³/mol. The van der Waals surface area contributed by atoms with E-state index in [0.717, 1.165) is 25.0 Å². The minimum absolute atomic E-state index is 0.127. The Labute approximate surface area is 128 Å². The Balaban J connectivity index is 1.97. The summed E-state index contributed by atoms with van der Waals surface area (Å²) in [6.07, 6.45) is 3.23. The Morgan fingerprint density at radius 3 is 3.05 bits per heavy atom. The molecular formula is C13H19ClN4OS. The minimum atomic E-state index is -0.127. The second-order valence-corrected chi connectivity index (χ2v) is 6.73. The molecule has 5 nitrogen and oxygen atoms in total. The van der Waals surface area contributed by atoms with E-state index in [1.165, 1.54) is 0 Å². The number of hydrogen-bond donors (Lipinski definition) is 3. The summed E-state index contributed by atoms with van der Waals surface area (Å²) in [6.45, 7) is 2.16. The number of nitrogens with one attached hydrogen (secondary N) is 2. The SMILES string of the molecule is CCSC1CCC(NC(=O)c2cc(Cl)nc(NN)c2)C1. The van der Waals surface area contributed by atoms with Crippen LogP contribution in [0.1, 0.15) is 36.5 Å². The van der Waals surface area contributed by atoms with Crippen molar-refractivity contribution in [2.75, 3.05) is 11.2 Å². The number of rotatable bonds is 5. The van der Waals surface area contributed by atoms with Gasteiger partial charge in [-0.3, -0.25) is 4.79 Å². The summed E-state index contributed by atoms with van der Waals surface area (Å²) in [6, 6.07) is 3.38. The Morgan fingerprint density at radius 2 is 2.35 bits per heavy atom. The van der Waals surface area contributed by atoms with E-state index < -0.39 is 0 Å². The highest BCUT2D eigenvalue weighted by atomic mass is 35.5. The topological polar surface area (TPSA) is 80.0 Å². The van der Waals surface area contributed by atoms with Gasteiger partial charge >= 0.3 is 0 Å². The highest BCUT2D eigenvalue weighted by molar-refractivity contribution is 7.99. The van der Waals surface area contributed by atoms with Crippen molar-refractivity contribution in [3.8, 4) is 0 Å². The number of hydrazine groups is 1. The lowest BCUT2D eigenvalue weighted by Gasteiger charge is -2.13. The van der Waals surface area contributed by atoms with Crippen LogP contribution in [0.3, 0.4) is 0 Å². The van der Waals surface area contributed by atoms with Crippen LogP contribution >= 0.6 is 23.4 Å². The van der Waals surface area contributed by atoms with Gasteiger partial charge in [0, 0.05) is 16.9 Å². The number of carbonyl (C=O) groups is 1. The Morgan fingerprint density at radius 1 is 1.55 bits per heavy atom. The number of anilines is 1. The van der Waals surface area contributed by atoms with E-state index in [2.05, 4.69) is 22.7 Å². The summed E-state index contributed by atoms with van der Waals surface area (Å²) >= 11 is 7.83. The van der Waals surface area contributed by atoms with Crippen LogP contribution in [-0.2, 0) is 0 Å². The molecule has 0 aromatic carbocycles. The van der Waals surface area contributed by atoms with Crippen LogP contribution in [0.5, 0.6) is 0 Å². The molecule has 7 heteroatoms. The molecule has 1 saturated carbocycles. The van der Waals surface area contributed by atoms with Crippen molar-refractivity contribution in [3.05, 3.63) is 22.8 Å². The van der Waals surface area contributed by atoms with E-state index in [1.54, 1.807) is 12.1 Å². The van der Waals surface area contributed by atoms with Crippen LogP contribution in [0, 0.1) is 0 Å². The molecular weight excluding hydrogens is 296 g/mol. The lowest BCUT2D eigenvalue weighted by atomic mass is 10.2. The average Bonchev–Trinajstić information content (AvgIpc) is 2.85.